The van der Waals surface area contributed by atoms with Gasteiger partial charge in [-0.1, -0.05) is 0 Å². The van der Waals surface area contributed by atoms with Gasteiger partial charge in [0.15, 0.2) is 0 Å². The smallest absolute Gasteiger partial charge is 0 e. The van der Waals surface area contributed by atoms with E-state index in [4.69, 9.17) is 0 Å². The third-order valence-electron chi connectivity index (χ3n) is 0. The van der Waals surface area contributed by atoms with Crippen molar-refractivity contribution in [2.75, 3.05) is 0 Å². The fraction of sp³-hybridized carbons (Fsp3) is 0. The largest absolute Gasteiger partial charge is 0.106 e. The minimum atomic E-state index is 0. The van der Waals surface area contributed by atoms with Crippen LogP contribution in [-0.4, -0.2) is 29.6 Å². The summed E-state index contributed by atoms with van der Waals surface area (Å²) in [5.41, 5.74) is 0. The van der Waals surface area contributed by atoms with Gasteiger partial charge in [-0.05, 0) is 0 Å². The van der Waals surface area contributed by atoms with Crippen LogP contribution in [0.3, 0.4) is 0 Å². The Morgan fingerprint density at radius 1 is 0.429 bits per heavy atom. The van der Waals surface area contributed by atoms with Crippen molar-refractivity contribution in [1.82, 2.24) is 0 Å². The maximum absolute atomic E-state index is 3.00. The molecule has 0 rings (SSSR count). The summed E-state index contributed by atoms with van der Waals surface area (Å²) >= 11 is 0. The van der Waals surface area contributed by atoms with Crippen molar-refractivity contribution in [1.29, 1.82) is 0 Å². The van der Waals surface area contributed by atoms with E-state index >= 15 is 0 Å². The zero-order valence-corrected chi connectivity index (χ0v) is 7.24. The van der Waals surface area contributed by atoms with Crippen molar-refractivity contribution >= 4 is 29.6 Å². The van der Waals surface area contributed by atoms with Gasteiger partial charge in [-0.2, -0.15) is 0 Å². The average molecular weight is 107 g/mol. The van der Waals surface area contributed by atoms with Crippen LogP contribution in [0.2, 0.25) is 0 Å². The van der Waals surface area contributed by atoms with Crippen LogP contribution in [-0.2, 0) is 0 Å². The maximum atomic E-state index is 3.00. The Hall–Kier alpha value is 0.220. The van der Waals surface area contributed by atoms with E-state index in [0.29, 0.717) is 0 Å². The van der Waals surface area contributed by atoms with Crippen molar-refractivity contribution in [2.45, 2.75) is 0 Å². The van der Waals surface area contributed by atoms with E-state index in [1.807, 2.05) is 0 Å². The molecule has 0 bridgehead atoms. The molecule has 0 aromatic carbocycles. The molecular weight excluding hydrogens is 95.1 g/mol. The summed E-state index contributed by atoms with van der Waals surface area (Å²) in [6, 6.07) is 0. The SMILES string of the molecule is C=C.C=C.C=C.[Na]. The van der Waals surface area contributed by atoms with E-state index in [-0.39, 0.29) is 29.6 Å². The van der Waals surface area contributed by atoms with Crippen molar-refractivity contribution < 1.29 is 0 Å². The topological polar surface area (TPSA) is 0 Å². The van der Waals surface area contributed by atoms with Crippen LogP contribution in [0, 0.1) is 0 Å². The third-order valence-corrected chi connectivity index (χ3v) is 0. The number of hydrogen-bond acceptors (Lipinski definition) is 0. The molecule has 0 amide bonds. The molecule has 0 fully saturated rings. The summed E-state index contributed by atoms with van der Waals surface area (Å²) < 4.78 is 0. The fourth-order valence-electron chi connectivity index (χ4n) is 0. The molecule has 0 aliphatic rings. The van der Waals surface area contributed by atoms with Crippen molar-refractivity contribution in [3.8, 4) is 0 Å². The quantitative estimate of drug-likeness (QED) is 0.328. The molecule has 0 aliphatic carbocycles. The van der Waals surface area contributed by atoms with Crippen LogP contribution >= 0.6 is 0 Å². The Morgan fingerprint density at radius 2 is 0.429 bits per heavy atom. The first-order valence-electron chi connectivity index (χ1n) is 1.50. The second kappa shape index (κ2) is 3500. The van der Waals surface area contributed by atoms with Gasteiger partial charge >= 0.3 is 0 Å². The molecule has 0 atom stereocenters. The monoisotopic (exact) mass is 107 g/mol. The van der Waals surface area contributed by atoms with Crippen LogP contribution < -0.4 is 0 Å². The van der Waals surface area contributed by atoms with Gasteiger partial charge in [0.2, 0.25) is 0 Å². The first-order chi connectivity index (χ1) is 3.00. The summed E-state index contributed by atoms with van der Waals surface area (Å²) in [6.45, 7) is 18.0. The Bertz CT molecular complexity index is 8.90. The Morgan fingerprint density at radius 3 is 0.429 bits per heavy atom. The fourth-order valence-corrected chi connectivity index (χ4v) is 0. The summed E-state index contributed by atoms with van der Waals surface area (Å²) in [6.07, 6.45) is 0. The Balaban J connectivity index is -0.00000000900. The van der Waals surface area contributed by atoms with Crippen LogP contribution in [0.4, 0.5) is 0 Å². The third kappa shape index (κ3) is 2290. The van der Waals surface area contributed by atoms with E-state index in [1.165, 1.54) is 0 Å². The van der Waals surface area contributed by atoms with E-state index in [1.54, 1.807) is 0 Å². The van der Waals surface area contributed by atoms with Gasteiger partial charge in [0.05, 0.1) is 0 Å². The number of rotatable bonds is 0. The molecule has 0 aromatic rings. The standard InChI is InChI=1S/3C2H4.Na/c3*1-2;/h3*1-2H2;. The van der Waals surface area contributed by atoms with E-state index < -0.39 is 0 Å². The molecule has 0 aromatic heterocycles. The Labute approximate surface area is 68.9 Å². The average Bonchev–Trinajstić information content (AvgIpc) is 1.81. The van der Waals surface area contributed by atoms with Gasteiger partial charge in [-0.25, -0.2) is 0 Å². The second-order valence-electron chi connectivity index (χ2n) is 0. The molecule has 0 aliphatic heterocycles. The van der Waals surface area contributed by atoms with Gasteiger partial charge in [0.25, 0.3) is 0 Å². The second-order valence-corrected chi connectivity index (χ2v) is 0. The summed E-state index contributed by atoms with van der Waals surface area (Å²) in [5.74, 6) is 0. The van der Waals surface area contributed by atoms with Crippen molar-refractivity contribution in [3.05, 3.63) is 39.5 Å². The van der Waals surface area contributed by atoms with Crippen molar-refractivity contribution in [3.63, 3.8) is 0 Å². The predicted octanol–water partition coefficient (Wildman–Crippen LogP) is 2.03. The molecular formula is C6H12Na. The summed E-state index contributed by atoms with van der Waals surface area (Å²) in [4.78, 5) is 0. The van der Waals surface area contributed by atoms with Gasteiger partial charge < -0.3 is 0 Å². The molecule has 0 nitrogen and oxygen atoms in total. The summed E-state index contributed by atoms with van der Waals surface area (Å²) in [7, 11) is 0. The molecule has 0 heterocycles. The van der Waals surface area contributed by atoms with Gasteiger partial charge in [-0.15, -0.1) is 39.5 Å². The molecule has 1 radical (unpaired) electrons. The van der Waals surface area contributed by atoms with Crippen LogP contribution in [0.25, 0.3) is 0 Å². The van der Waals surface area contributed by atoms with E-state index in [0.717, 1.165) is 0 Å². The molecule has 37 valence electrons. The molecule has 0 spiro atoms. The molecule has 0 N–H and O–H groups in total. The number of hydrogen-bond donors (Lipinski definition) is 0. The van der Waals surface area contributed by atoms with Crippen molar-refractivity contribution in [2.24, 2.45) is 0 Å². The van der Waals surface area contributed by atoms with Gasteiger partial charge in [0, 0.05) is 29.6 Å². The molecule has 0 unspecified atom stereocenters. The minimum absolute atomic E-state index is 0. The van der Waals surface area contributed by atoms with E-state index in [2.05, 4.69) is 39.5 Å². The van der Waals surface area contributed by atoms with Crippen LogP contribution in [0.1, 0.15) is 0 Å². The molecule has 0 saturated carbocycles. The minimum Gasteiger partial charge on any atom is -0.106 e. The summed E-state index contributed by atoms with van der Waals surface area (Å²) in [5, 5.41) is 0. The first kappa shape index (κ1) is 26.9. The van der Waals surface area contributed by atoms with Gasteiger partial charge in [-0.3, -0.25) is 0 Å². The predicted molar refractivity (Wildman–Crippen MR) is 39.5 cm³/mol. The normalized spacial score (nSPS) is 1.71. The van der Waals surface area contributed by atoms with Crippen LogP contribution in [0.5, 0.6) is 0 Å². The van der Waals surface area contributed by atoms with Gasteiger partial charge in [0.1, 0.15) is 0 Å². The maximum Gasteiger partial charge on any atom is 0 e. The molecule has 1 heteroatoms. The molecule has 7 heavy (non-hydrogen) atoms. The van der Waals surface area contributed by atoms with Crippen LogP contribution in [0.15, 0.2) is 39.5 Å². The first-order valence-corrected chi connectivity index (χ1v) is 1.50. The Kier molecular flexibility index (Phi) is 13500. The molecule has 0 saturated heterocycles. The zero-order valence-electron chi connectivity index (χ0n) is 5.24. The zero-order chi connectivity index (χ0) is 6.00. The van der Waals surface area contributed by atoms with E-state index in [9.17, 15) is 0 Å².